The van der Waals surface area contributed by atoms with Crippen molar-refractivity contribution in [3.63, 3.8) is 0 Å². The second-order valence-corrected chi connectivity index (χ2v) is 8.81. The van der Waals surface area contributed by atoms with E-state index in [1.165, 1.54) is 0 Å². The molecule has 0 spiro atoms. The molecule has 7 heteroatoms. The summed E-state index contributed by atoms with van der Waals surface area (Å²) in [6.45, 7) is 7.90. The third kappa shape index (κ3) is 4.01. The van der Waals surface area contributed by atoms with Gasteiger partial charge in [-0.1, -0.05) is 19.3 Å². The van der Waals surface area contributed by atoms with E-state index in [-0.39, 0.29) is 6.42 Å². The van der Waals surface area contributed by atoms with E-state index in [2.05, 4.69) is 29.7 Å². The molecule has 0 aromatic heterocycles. The number of amides is 2. The zero-order valence-electron chi connectivity index (χ0n) is 18.1. The molecule has 1 heterocycles. The van der Waals surface area contributed by atoms with Gasteiger partial charge in [0.15, 0.2) is 0 Å². The summed E-state index contributed by atoms with van der Waals surface area (Å²) in [4.78, 5) is 29.8. The number of nitrogens with two attached hydrogens (primary N) is 2. The van der Waals surface area contributed by atoms with Gasteiger partial charge in [-0.3, -0.25) is 14.5 Å². The van der Waals surface area contributed by atoms with Crippen LogP contribution in [0.4, 0.5) is 5.69 Å². The van der Waals surface area contributed by atoms with E-state index in [9.17, 15) is 14.9 Å². The molecule has 2 amide bonds. The highest BCUT2D eigenvalue weighted by Crippen LogP contribution is 2.45. The van der Waals surface area contributed by atoms with Gasteiger partial charge in [0.25, 0.3) is 0 Å². The van der Waals surface area contributed by atoms with Gasteiger partial charge in [-0.25, -0.2) is 0 Å². The fraction of sp³-hybridized carbons (Fsp3) is 0.609. The quantitative estimate of drug-likeness (QED) is 0.743. The normalized spacial score (nSPS) is 19.5. The molecule has 0 atom stereocenters. The zero-order valence-corrected chi connectivity index (χ0v) is 18.1. The number of nitriles is 1. The minimum Gasteiger partial charge on any atom is -0.369 e. The van der Waals surface area contributed by atoms with Gasteiger partial charge in [-0.05, 0) is 49.9 Å². The Morgan fingerprint density at radius 2 is 1.73 bits per heavy atom. The van der Waals surface area contributed by atoms with Crippen LogP contribution in [0.1, 0.15) is 67.4 Å². The first-order chi connectivity index (χ1) is 14.3. The molecule has 0 radical (unpaired) electrons. The van der Waals surface area contributed by atoms with Gasteiger partial charge in [0.05, 0.1) is 17.9 Å². The smallest absolute Gasteiger partial charge is 0.249 e. The van der Waals surface area contributed by atoms with Crippen LogP contribution in [-0.4, -0.2) is 48.9 Å². The Morgan fingerprint density at radius 3 is 2.23 bits per heavy atom. The molecular weight excluding hydrogens is 378 g/mol. The highest BCUT2D eigenvalue weighted by Gasteiger charge is 2.44. The summed E-state index contributed by atoms with van der Waals surface area (Å²) in [7, 11) is 0. The van der Waals surface area contributed by atoms with Gasteiger partial charge < -0.3 is 16.4 Å². The van der Waals surface area contributed by atoms with Gasteiger partial charge in [-0.2, -0.15) is 5.26 Å². The number of nitrogens with zero attached hydrogens (tertiary/aromatic N) is 3. The second-order valence-electron chi connectivity index (χ2n) is 8.81. The molecule has 162 valence electrons. The van der Waals surface area contributed by atoms with E-state index in [1.54, 1.807) is 6.07 Å². The maximum absolute atomic E-state index is 12.8. The van der Waals surface area contributed by atoms with Gasteiger partial charge in [0.2, 0.25) is 11.8 Å². The van der Waals surface area contributed by atoms with Crippen LogP contribution in [0.2, 0.25) is 0 Å². The second kappa shape index (κ2) is 9.05. The lowest BCUT2D eigenvalue weighted by atomic mass is 9.65. The number of primary amides is 2. The summed E-state index contributed by atoms with van der Waals surface area (Å²) in [6.07, 6.45) is 4.06. The Balaban J connectivity index is 2.15. The lowest BCUT2D eigenvalue weighted by Gasteiger charge is -2.41. The Bertz CT molecular complexity index is 844. The van der Waals surface area contributed by atoms with Gasteiger partial charge in [0, 0.05) is 43.5 Å². The van der Waals surface area contributed by atoms with Crippen LogP contribution in [0.15, 0.2) is 12.1 Å². The predicted octanol–water partition coefficient (Wildman–Crippen LogP) is 2.07. The predicted molar refractivity (Wildman–Crippen MR) is 117 cm³/mol. The topological polar surface area (TPSA) is 116 Å². The van der Waals surface area contributed by atoms with Crippen LogP contribution in [0.25, 0.3) is 0 Å². The van der Waals surface area contributed by atoms with Crippen molar-refractivity contribution >= 4 is 17.5 Å². The Kier molecular flexibility index (Phi) is 6.67. The van der Waals surface area contributed by atoms with Crippen molar-refractivity contribution in [3.8, 4) is 6.07 Å². The summed E-state index contributed by atoms with van der Waals surface area (Å²) >= 11 is 0. The molecular formula is C23H33N5O2. The molecule has 3 rings (SSSR count). The van der Waals surface area contributed by atoms with Gasteiger partial charge in [0.1, 0.15) is 0 Å². The van der Waals surface area contributed by atoms with Gasteiger partial charge in [-0.15, -0.1) is 0 Å². The van der Waals surface area contributed by atoms with Gasteiger partial charge >= 0.3 is 0 Å². The minimum atomic E-state index is -0.940. The third-order valence-corrected chi connectivity index (χ3v) is 6.85. The monoisotopic (exact) mass is 411 g/mol. The lowest BCUT2D eigenvalue weighted by Crippen LogP contribution is -2.49. The summed E-state index contributed by atoms with van der Waals surface area (Å²) < 4.78 is 0. The Labute approximate surface area is 179 Å². The highest BCUT2D eigenvalue weighted by atomic mass is 16.1. The first-order valence-electron chi connectivity index (χ1n) is 10.9. The number of carbonyl (C=O) groups is 2. The van der Waals surface area contributed by atoms with Crippen LogP contribution >= 0.6 is 0 Å². The van der Waals surface area contributed by atoms with Crippen molar-refractivity contribution in [2.75, 3.05) is 31.1 Å². The number of rotatable bonds is 6. The number of benzene rings is 1. The van der Waals surface area contributed by atoms with Crippen molar-refractivity contribution in [3.05, 3.63) is 28.8 Å². The molecule has 2 aliphatic rings. The first kappa shape index (κ1) is 22.1. The number of anilines is 1. The van der Waals surface area contributed by atoms with E-state index in [4.69, 9.17) is 11.5 Å². The molecule has 0 bridgehead atoms. The Hall–Kier alpha value is -2.59. The maximum atomic E-state index is 12.8. The van der Waals surface area contributed by atoms with E-state index in [0.29, 0.717) is 30.0 Å². The van der Waals surface area contributed by atoms with Crippen LogP contribution in [0.5, 0.6) is 0 Å². The fourth-order valence-corrected chi connectivity index (χ4v) is 5.20. The van der Waals surface area contributed by atoms with E-state index in [1.807, 2.05) is 6.07 Å². The SMILES string of the molecule is CC(C)N1CCN(c2ccc(C(N)=O)c(C3(C(N)=O)CCCCC3)c2CC#N)CC1. The highest BCUT2D eigenvalue weighted by molar-refractivity contribution is 5.99. The molecule has 7 nitrogen and oxygen atoms in total. The van der Waals surface area contributed by atoms with Crippen molar-refractivity contribution < 1.29 is 9.59 Å². The van der Waals surface area contributed by atoms with Crippen molar-refractivity contribution in [2.45, 2.75) is 63.8 Å². The van der Waals surface area contributed by atoms with E-state index < -0.39 is 17.2 Å². The Morgan fingerprint density at radius 1 is 1.10 bits per heavy atom. The molecule has 2 fully saturated rings. The standard InChI is InChI=1S/C23H33N5O2/c1-16(2)27-12-14-28(15-13-27)19-7-6-18(21(25)29)20(17(19)8-11-24)23(22(26)30)9-4-3-5-10-23/h6-7,16H,3-5,8-10,12-15H2,1-2H3,(H2,25,29)(H2,26,30). The van der Waals surface area contributed by atoms with E-state index >= 15 is 0 Å². The molecule has 1 aromatic rings. The molecule has 1 saturated heterocycles. The van der Waals surface area contributed by atoms with Crippen LogP contribution in [-0.2, 0) is 16.6 Å². The molecule has 4 N–H and O–H groups in total. The minimum absolute atomic E-state index is 0.116. The van der Waals surface area contributed by atoms with Crippen molar-refractivity contribution in [1.29, 1.82) is 5.26 Å². The number of hydrogen-bond acceptors (Lipinski definition) is 5. The zero-order chi connectivity index (χ0) is 21.9. The maximum Gasteiger partial charge on any atom is 0.249 e. The average Bonchev–Trinajstić information content (AvgIpc) is 2.74. The average molecular weight is 412 g/mol. The third-order valence-electron chi connectivity index (χ3n) is 6.85. The fourth-order valence-electron chi connectivity index (χ4n) is 5.20. The summed E-state index contributed by atoms with van der Waals surface area (Å²) in [5, 5.41) is 9.62. The molecule has 1 saturated carbocycles. The van der Waals surface area contributed by atoms with Crippen LogP contribution < -0.4 is 16.4 Å². The first-order valence-corrected chi connectivity index (χ1v) is 10.9. The number of carbonyl (C=O) groups excluding carboxylic acids is 2. The largest absolute Gasteiger partial charge is 0.369 e. The number of hydrogen-bond donors (Lipinski definition) is 2. The summed E-state index contributed by atoms with van der Waals surface area (Å²) in [5.74, 6) is -1.00. The van der Waals surface area contributed by atoms with E-state index in [0.717, 1.165) is 56.7 Å². The lowest BCUT2D eigenvalue weighted by molar-refractivity contribution is -0.124. The molecule has 1 aliphatic carbocycles. The molecule has 0 unspecified atom stereocenters. The molecule has 1 aliphatic heterocycles. The molecule has 1 aromatic carbocycles. The summed E-state index contributed by atoms with van der Waals surface area (Å²) in [6, 6.07) is 6.35. The van der Waals surface area contributed by atoms with Crippen LogP contribution in [0, 0.1) is 11.3 Å². The summed E-state index contributed by atoms with van der Waals surface area (Å²) in [5.41, 5.74) is 13.3. The number of piperazine rings is 1. The van der Waals surface area contributed by atoms with Crippen molar-refractivity contribution in [1.82, 2.24) is 4.90 Å². The van der Waals surface area contributed by atoms with Crippen molar-refractivity contribution in [2.24, 2.45) is 11.5 Å². The molecule has 30 heavy (non-hydrogen) atoms. The van der Waals surface area contributed by atoms with Crippen LogP contribution in [0.3, 0.4) is 0 Å².